The summed E-state index contributed by atoms with van der Waals surface area (Å²) >= 11 is 0. The van der Waals surface area contributed by atoms with Gasteiger partial charge in [-0.05, 0) is 42.9 Å². The van der Waals surface area contributed by atoms with Gasteiger partial charge in [0, 0.05) is 18.7 Å². The topological polar surface area (TPSA) is 57.6 Å². The minimum Gasteiger partial charge on any atom is -0.481 e. The van der Waals surface area contributed by atoms with Crippen LogP contribution in [0.25, 0.3) is 0 Å². The third-order valence-corrected chi connectivity index (χ3v) is 3.85. The van der Waals surface area contributed by atoms with Crippen molar-refractivity contribution in [2.24, 2.45) is 0 Å². The maximum atomic E-state index is 12.3. The Labute approximate surface area is 119 Å². The number of carbonyl (C=O) groups excluding carboxylic acids is 1. The maximum absolute atomic E-state index is 12.3. The Balaban J connectivity index is 2.03. The molecule has 1 fully saturated rings. The summed E-state index contributed by atoms with van der Waals surface area (Å²) in [6.07, 6.45) is 3.48. The molecule has 1 heterocycles. The predicted octanol–water partition coefficient (Wildman–Crippen LogP) is 2.89. The monoisotopic (exact) mass is 275 g/mol. The zero-order valence-electron chi connectivity index (χ0n) is 11.8. The maximum Gasteiger partial charge on any atom is 0.303 e. The smallest absolute Gasteiger partial charge is 0.303 e. The van der Waals surface area contributed by atoms with Gasteiger partial charge in [-0.3, -0.25) is 9.59 Å². The lowest BCUT2D eigenvalue weighted by Crippen LogP contribution is -2.35. The lowest BCUT2D eigenvalue weighted by atomic mass is 9.96. The fourth-order valence-electron chi connectivity index (χ4n) is 2.61. The highest BCUT2D eigenvalue weighted by Crippen LogP contribution is 2.20. The molecule has 1 atom stereocenters. The van der Waals surface area contributed by atoms with Gasteiger partial charge in [-0.25, -0.2) is 0 Å². The van der Waals surface area contributed by atoms with E-state index >= 15 is 0 Å². The molecule has 1 aromatic carbocycles. The van der Waals surface area contributed by atoms with E-state index in [4.69, 9.17) is 5.11 Å². The summed E-state index contributed by atoms with van der Waals surface area (Å²) in [5.41, 5.74) is 1.65. The zero-order chi connectivity index (χ0) is 14.5. The molecule has 1 aliphatic rings. The number of likely N-dealkylation sites (tertiary alicyclic amines) is 1. The fourth-order valence-corrected chi connectivity index (χ4v) is 2.61. The highest BCUT2D eigenvalue weighted by atomic mass is 16.4. The average molecular weight is 275 g/mol. The number of carbonyl (C=O) groups is 2. The van der Waals surface area contributed by atoms with E-state index in [0.717, 1.165) is 31.5 Å². The predicted molar refractivity (Wildman–Crippen MR) is 76.9 cm³/mol. The molecule has 0 bridgehead atoms. The number of aliphatic carboxylic acids is 1. The van der Waals surface area contributed by atoms with E-state index in [2.05, 4.69) is 0 Å². The normalized spacial score (nSPS) is 16.8. The quantitative estimate of drug-likeness (QED) is 0.919. The highest BCUT2D eigenvalue weighted by molar-refractivity contribution is 5.94. The van der Waals surface area contributed by atoms with Crippen molar-refractivity contribution in [2.45, 2.75) is 38.5 Å². The largest absolute Gasteiger partial charge is 0.481 e. The van der Waals surface area contributed by atoms with Gasteiger partial charge in [0.15, 0.2) is 0 Å². The number of carboxylic acids is 1. The standard InChI is InChI=1S/C16H21NO3/c1-12(11-15(18)19)13-5-7-14(8-6-13)16(20)17-9-3-2-4-10-17/h5-8,12H,2-4,9-11H2,1H3,(H,18,19). The molecule has 1 amide bonds. The van der Waals surface area contributed by atoms with Gasteiger partial charge in [0.25, 0.3) is 5.91 Å². The number of benzene rings is 1. The van der Waals surface area contributed by atoms with Crippen molar-refractivity contribution in [2.75, 3.05) is 13.1 Å². The first-order valence-corrected chi connectivity index (χ1v) is 7.19. The third-order valence-electron chi connectivity index (χ3n) is 3.85. The van der Waals surface area contributed by atoms with Crippen molar-refractivity contribution in [1.82, 2.24) is 4.90 Å². The molecular weight excluding hydrogens is 254 g/mol. The first-order chi connectivity index (χ1) is 9.58. The zero-order valence-corrected chi connectivity index (χ0v) is 11.8. The second-order valence-corrected chi connectivity index (χ2v) is 5.47. The van der Waals surface area contributed by atoms with Crippen LogP contribution in [0.15, 0.2) is 24.3 Å². The van der Waals surface area contributed by atoms with Crippen LogP contribution in [0.3, 0.4) is 0 Å². The van der Waals surface area contributed by atoms with Crippen LogP contribution in [-0.2, 0) is 4.79 Å². The van der Waals surface area contributed by atoms with E-state index < -0.39 is 5.97 Å². The van der Waals surface area contributed by atoms with Crippen molar-refractivity contribution >= 4 is 11.9 Å². The van der Waals surface area contributed by atoms with Crippen molar-refractivity contribution < 1.29 is 14.7 Å². The Kier molecular flexibility index (Phi) is 4.77. The number of nitrogens with zero attached hydrogens (tertiary/aromatic N) is 1. The third kappa shape index (κ3) is 3.59. The highest BCUT2D eigenvalue weighted by Gasteiger charge is 2.18. The molecule has 108 valence electrons. The van der Waals surface area contributed by atoms with Crippen LogP contribution in [0, 0.1) is 0 Å². The van der Waals surface area contributed by atoms with Crippen molar-refractivity contribution in [1.29, 1.82) is 0 Å². The second-order valence-electron chi connectivity index (χ2n) is 5.47. The molecule has 1 saturated heterocycles. The summed E-state index contributed by atoms with van der Waals surface area (Å²) in [7, 11) is 0. The molecule has 0 radical (unpaired) electrons. The van der Waals surface area contributed by atoms with E-state index in [0.29, 0.717) is 5.56 Å². The molecule has 0 aromatic heterocycles. The summed E-state index contributed by atoms with van der Waals surface area (Å²) in [5, 5.41) is 8.80. The average Bonchev–Trinajstić information content (AvgIpc) is 2.47. The Morgan fingerprint density at radius 1 is 1.15 bits per heavy atom. The number of rotatable bonds is 4. The van der Waals surface area contributed by atoms with E-state index in [1.165, 1.54) is 6.42 Å². The molecule has 20 heavy (non-hydrogen) atoms. The summed E-state index contributed by atoms with van der Waals surface area (Å²) in [4.78, 5) is 24.9. The van der Waals surface area contributed by atoms with Crippen molar-refractivity contribution in [3.8, 4) is 0 Å². The minimum atomic E-state index is -0.800. The molecule has 0 saturated carbocycles. The molecule has 4 nitrogen and oxygen atoms in total. The van der Waals surface area contributed by atoms with E-state index in [-0.39, 0.29) is 18.2 Å². The Morgan fingerprint density at radius 3 is 2.30 bits per heavy atom. The lowest BCUT2D eigenvalue weighted by molar-refractivity contribution is -0.137. The SMILES string of the molecule is CC(CC(=O)O)c1ccc(C(=O)N2CCCCC2)cc1. The van der Waals surface area contributed by atoms with Crippen molar-refractivity contribution in [3.05, 3.63) is 35.4 Å². The van der Waals surface area contributed by atoms with Gasteiger partial charge in [-0.1, -0.05) is 19.1 Å². The number of hydrogen-bond donors (Lipinski definition) is 1. The van der Waals surface area contributed by atoms with Crippen LogP contribution in [0.2, 0.25) is 0 Å². The number of piperidine rings is 1. The Hall–Kier alpha value is -1.84. The Bertz CT molecular complexity index is 475. The summed E-state index contributed by atoms with van der Waals surface area (Å²) < 4.78 is 0. The lowest BCUT2D eigenvalue weighted by Gasteiger charge is -2.26. The molecule has 4 heteroatoms. The fraction of sp³-hybridized carbons (Fsp3) is 0.500. The van der Waals surface area contributed by atoms with Gasteiger partial charge in [-0.15, -0.1) is 0 Å². The van der Waals surface area contributed by atoms with Crippen LogP contribution in [-0.4, -0.2) is 35.0 Å². The molecule has 1 aliphatic heterocycles. The number of carboxylic acid groups (broad SMARTS) is 1. The van der Waals surface area contributed by atoms with E-state index in [1.807, 2.05) is 36.1 Å². The van der Waals surface area contributed by atoms with E-state index in [9.17, 15) is 9.59 Å². The van der Waals surface area contributed by atoms with Gasteiger partial charge < -0.3 is 10.0 Å². The summed E-state index contributed by atoms with van der Waals surface area (Å²) in [6.45, 7) is 3.57. The molecule has 1 aromatic rings. The summed E-state index contributed by atoms with van der Waals surface area (Å²) in [6, 6.07) is 7.35. The first kappa shape index (κ1) is 14.6. The Morgan fingerprint density at radius 2 is 1.75 bits per heavy atom. The van der Waals surface area contributed by atoms with Gasteiger partial charge >= 0.3 is 5.97 Å². The van der Waals surface area contributed by atoms with Gasteiger partial charge in [0.05, 0.1) is 6.42 Å². The molecule has 1 unspecified atom stereocenters. The van der Waals surface area contributed by atoms with Gasteiger partial charge in [0.1, 0.15) is 0 Å². The van der Waals surface area contributed by atoms with Gasteiger partial charge in [0.2, 0.25) is 0 Å². The minimum absolute atomic E-state index is 0.0355. The van der Waals surface area contributed by atoms with Crippen LogP contribution in [0.4, 0.5) is 0 Å². The molecule has 2 rings (SSSR count). The second kappa shape index (κ2) is 6.55. The molecule has 0 spiro atoms. The number of hydrogen-bond acceptors (Lipinski definition) is 2. The van der Waals surface area contributed by atoms with Crippen LogP contribution in [0.5, 0.6) is 0 Å². The summed E-state index contributed by atoms with van der Waals surface area (Å²) in [5.74, 6) is -0.750. The first-order valence-electron chi connectivity index (χ1n) is 7.19. The van der Waals surface area contributed by atoms with Crippen LogP contribution >= 0.6 is 0 Å². The number of amides is 1. The van der Waals surface area contributed by atoms with E-state index in [1.54, 1.807) is 0 Å². The molecular formula is C16H21NO3. The van der Waals surface area contributed by atoms with Crippen molar-refractivity contribution in [3.63, 3.8) is 0 Å². The van der Waals surface area contributed by atoms with Gasteiger partial charge in [-0.2, -0.15) is 0 Å². The van der Waals surface area contributed by atoms with Crippen LogP contribution in [0.1, 0.15) is 54.4 Å². The van der Waals surface area contributed by atoms with Crippen LogP contribution < -0.4 is 0 Å². The molecule has 0 aliphatic carbocycles. The molecule has 1 N–H and O–H groups in total.